The number of amides is 1. The monoisotopic (exact) mass is 431 g/mol. The minimum atomic E-state index is -0.581. The van der Waals surface area contributed by atoms with E-state index in [2.05, 4.69) is 20.9 Å². The van der Waals surface area contributed by atoms with Crippen LogP contribution in [0.25, 0.3) is 11.4 Å². The van der Waals surface area contributed by atoms with Crippen molar-refractivity contribution in [2.75, 3.05) is 10.7 Å². The first-order valence-corrected chi connectivity index (χ1v) is 10.6. The maximum absolute atomic E-state index is 14.1. The topological polar surface area (TPSA) is 71.8 Å². The highest BCUT2D eigenvalue weighted by atomic mass is 32.2. The number of hydrogen-bond acceptors (Lipinski definition) is 5. The van der Waals surface area contributed by atoms with Crippen molar-refractivity contribution in [1.82, 2.24) is 14.9 Å². The second-order valence-corrected chi connectivity index (χ2v) is 8.14. The molecule has 1 aliphatic rings. The van der Waals surface area contributed by atoms with Gasteiger partial charge in [-0.05, 0) is 17.7 Å². The van der Waals surface area contributed by atoms with Crippen LogP contribution < -0.4 is 10.7 Å². The number of fused-ring (bicyclic) bond motifs is 1. The molecule has 31 heavy (non-hydrogen) atoms. The van der Waals surface area contributed by atoms with Gasteiger partial charge in [-0.2, -0.15) is 0 Å². The van der Waals surface area contributed by atoms with E-state index in [0.29, 0.717) is 11.0 Å². The summed E-state index contributed by atoms with van der Waals surface area (Å²) in [4.78, 5) is 13.2. The van der Waals surface area contributed by atoms with E-state index < -0.39 is 11.1 Å². The molecule has 0 saturated heterocycles. The number of nitrogens with zero attached hydrogens (tertiary/aromatic N) is 3. The molecule has 0 fully saturated rings. The Morgan fingerprint density at radius 3 is 2.35 bits per heavy atom. The Kier molecular flexibility index (Phi) is 5.13. The van der Waals surface area contributed by atoms with Gasteiger partial charge in [0, 0.05) is 5.56 Å². The molecule has 0 unspecified atom stereocenters. The van der Waals surface area contributed by atoms with Crippen molar-refractivity contribution < 1.29 is 9.18 Å². The van der Waals surface area contributed by atoms with Crippen molar-refractivity contribution in [2.24, 2.45) is 0 Å². The van der Waals surface area contributed by atoms with Crippen molar-refractivity contribution in [2.45, 2.75) is 16.4 Å². The number of para-hydroxylation sites is 1. The highest BCUT2D eigenvalue weighted by Crippen LogP contribution is 2.39. The van der Waals surface area contributed by atoms with Crippen LogP contribution >= 0.6 is 11.8 Å². The van der Waals surface area contributed by atoms with E-state index in [4.69, 9.17) is 0 Å². The lowest BCUT2D eigenvalue weighted by molar-refractivity contribution is -0.116. The van der Waals surface area contributed by atoms with E-state index in [1.807, 2.05) is 65.3 Å². The molecule has 5 rings (SSSR count). The summed E-state index contributed by atoms with van der Waals surface area (Å²) in [6, 6.07) is 25.2. The Labute approximate surface area is 182 Å². The van der Waals surface area contributed by atoms with Crippen LogP contribution in [-0.4, -0.2) is 26.0 Å². The molecule has 1 amide bonds. The van der Waals surface area contributed by atoms with E-state index in [0.717, 1.165) is 11.1 Å². The highest BCUT2D eigenvalue weighted by Gasteiger charge is 2.38. The Balaban J connectivity index is 1.51. The first-order chi connectivity index (χ1) is 15.2. The summed E-state index contributed by atoms with van der Waals surface area (Å²) in [6.07, 6.45) is 0. The van der Waals surface area contributed by atoms with Gasteiger partial charge in [-0.25, -0.2) is 9.07 Å². The Bertz CT molecular complexity index is 1220. The van der Waals surface area contributed by atoms with Gasteiger partial charge in [-0.1, -0.05) is 84.6 Å². The number of nitrogens with one attached hydrogen (secondary N) is 2. The van der Waals surface area contributed by atoms with Gasteiger partial charge in [-0.15, -0.1) is 10.2 Å². The molecule has 2 N–H and O–H groups in total. The average Bonchev–Trinajstić information content (AvgIpc) is 3.24. The van der Waals surface area contributed by atoms with Gasteiger partial charge in [0.25, 0.3) is 0 Å². The smallest absolute Gasteiger partial charge is 0.240 e. The van der Waals surface area contributed by atoms with Crippen LogP contribution in [0.5, 0.6) is 0 Å². The second kappa shape index (κ2) is 8.23. The van der Waals surface area contributed by atoms with Gasteiger partial charge in [0.2, 0.25) is 11.1 Å². The van der Waals surface area contributed by atoms with Crippen LogP contribution in [0.15, 0.2) is 90.1 Å². The maximum atomic E-state index is 14.1. The highest BCUT2D eigenvalue weighted by molar-refractivity contribution is 8.00. The third kappa shape index (κ3) is 3.77. The van der Waals surface area contributed by atoms with E-state index in [9.17, 15) is 9.18 Å². The lowest BCUT2D eigenvalue weighted by atomic mass is 10.0. The zero-order chi connectivity index (χ0) is 21.2. The lowest BCUT2D eigenvalue weighted by Gasteiger charge is -2.33. The summed E-state index contributed by atoms with van der Waals surface area (Å²) in [5.41, 5.74) is 5.40. The summed E-state index contributed by atoms with van der Waals surface area (Å²) in [7, 11) is 0. The van der Waals surface area contributed by atoms with Crippen LogP contribution in [0.4, 0.5) is 10.1 Å². The molecule has 0 radical (unpaired) electrons. The molecule has 2 heterocycles. The number of carbonyl (C=O) groups excluding carboxylic acids is 1. The molecule has 0 bridgehead atoms. The van der Waals surface area contributed by atoms with Gasteiger partial charge in [0.05, 0.1) is 11.7 Å². The van der Waals surface area contributed by atoms with E-state index >= 15 is 0 Å². The van der Waals surface area contributed by atoms with Crippen LogP contribution in [0.2, 0.25) is 0 Å². The van der Waals surface area contributed by atoms with Gasteiger partial charge < -0.3 is 10.7 Å². The van der Waals surface area contributed by atoms with Crippen LogP contribution in [0.3, 0.4) is 0 Å². The molecule has 4 aromatic rings. The Hall–Kier alpha value is -3.65. The average molecular weight is 431 g/mol. The third-order valence-electron chi connectivity index (χ3n) is 5.02. The maximum Gasteiger partial charge on any atom is 0.240 e. The minimum absolute atomic E-state index is 0.150. The zero-order valence-electron chi connectivity index (χ0n) is 16.3. The molecular weight excluding hydrogens is 413 g/mol. The first kappa shape index (κ1) is 19.3. The number of anilines is 1. The number of carbonyl (C=O) groups is 1. The van der Waals surface area contributed by atoms with Crippen molar-refractivity contribution in [1.29, 1.82) is 0 Å². The molecule has 1 aliphatic heterocycles. The van der Waals surface area contributed by atoms with Crippen LogP contribution in [0, 0.1) is 5.82 Å². The lowest BCUT2D eigenvalue weighted by Crippen LogP contribution is -2.41. The second-order valence-electron chi connectivity index (χ2n) is 7.03. The van der Waals surface area contributed by atoms with Crippen molar-refractivity contribution in [3.8, 4) is 11.4 Å². The number of benzene rings is 3. The number of thioether (sulfide) groups is 1. The largest absolute Gasteiger partial charge is 0.323 e. The van der Waals surface area contributed by atoms with Gasteiger partial charge in [-0.3, -0.25) is 4.79 Å². The number of halogens is 1. The normalized spacial score (nSPS) is 17.5. The molecule has 1 aromatic heterocycles. The number of rotatable bonds is 4. The molecule has 6 nitrogen and oxygen atoms in total. The summed E-state index contributed by atoms with van der Waals surface area (Å²) >= 11 is 1.30. The fraction of sp³-hybridized carbons (Fsp3) is 0.0870. The molecule has 0 saturated carbocycles. The quantitative estimate of drug-likeness (QED) is 0.498. The third-order valence-corrected chi connectivity index (χ3v) is 6.23. The van der Waals surface area contributed by atoms with Crippen LogP contribution in [0.1, 0.15) is 11.6 Å². The molecular formula is C23H18FN5OS. The Morgan fingerprint density at radius 1 is 0.935 bits per heavy atom. The van der Waals surface area contributed by atoms with Gasteiger partial charge >= 0.3 is 0 Å². The van der Waals surface area contributed by atoms with Gasteiger partial charge in [0.1, 0.15) is 11.1 Å². The van der Waals surface area contributed by atoms with E-state index in [-0.39, 0.29) is 17.6 Å². The number of aromatic nitrogens is 3. The molecule has 2 atom stereocenters. The van der Waals surface area contributed by atoms with Crippen molar-refractivity contribution in [3.05, 3.63) is 96.3 Å². The molecule has 0 aliphatic carbocycles. The standard InChI is InChI=1S/C23H18FN5OS/c24-17-13-7-8-14-18(17)25-22(30)20-19(15-9-3-1-4-10-15)28-29-21(26-27-23(29)31-20)16-11-5-2-6-12-16/h1-14,19-20,28H,(H,25,30)/t19-,20-/m0/s1. The summed E-state index contributed by atoms with van der Waals surface area (Å²) in [6.45, 7) is 0. The summed E-state index contributed by atoms with van der Waals surface area (Å²) in [5, 5.41) is 11.3. The zero-order valence-corrected chi connectivity index (χ0v) is 17.1. The van der Waals surface area contributed by atoms with Crippen molar-refractivity contribution >= 4 is 23.4 Å². The molecule has 0 spiro atoms. The summed E-state index contributed by atoms with van der Waals surface area (Å²) < 4.78 is 15.9. The minimum Gasteiger partial charge on any atom is -0.323 e. The fourth-order valence-electron chi connectivity index (χ4n) is 3.51. The first-order valence-electron chi connectivity index (χ1n) is 9.75. The Morgan fingerprint density at radius 2 is 1.61 bits per heavy atom. The fourth-order valence-corrected chi connectivity index (χ4v) is 4.59. The SMILES string of the molecule is O=C(Nc1ccccc1F)[C@H]1Sc2nnc(-c3ccccc3)n2N[C@H]1c1ccccc1. The molecule has 3 aromatic carbocycles. The predicted octanol–water partition coefficient (Wildman–Crippen LogP) is 4.48. The van der Waals surface area contributed by atoms with E-state index in [1.165, 1.54) is 17.8 Å². The van der Waals surface area contributed by atoms with Crippen molar-refractivity contribution in [3.63, 3.8) is 0 Å². The van der Waals surface area contributed by atoms with E-state index in [1.54, 1.807) is 18.2 Å². The molecule has 154 valence electrons. The number of hydrogen-bond donors (Lipinski definition) is 2. The summed E-state index contributed by atoms with van der Waals surface area (Å²) in [5.74, 6) is -0.126. The molecule has 8 heteroatoms. The predicted molar refractivity (Wildman–Crippen MR) is 119 cm³/mol. The van der Waals surface area contributed by atoms with Crippen LogP contribution in [-0.2, 0) is 4.79 Å². The van der Waals surface area contributed by atoms with Gasteiger partial charge in [0.15, 0.2) is 5.82 Å².